The molecule has 0 aliphatic heterocycles. The number of halogens is 6. The molecule has 5 N–H and O–H groups in total. The predicted molar refractivity (Wildman–Crippen MR) is 71.0 cm³/mol. The number of carboxylic acid groups (broad SMARTS) is 1. The molecule has 0 amide bonds. The van der Waals surface area contributed by atoms with Crippen LogP contribution in [0, 0.1) is 0 Å². The van der Waals surface area contributed by atoms with Gasteiger partial charge in [-0.2, -0.15) is 9.59 Å². The van der Waals surface area contributed by atoms with Crippen LogP contribution in [0.2, 0.25) is 0 Å². The molecule has 0 aromatic heterocycles. The van der Waals surface area contributed by atoms with Crippen molar-refractivity contribution in [1.29, 1.82) is 0 Å². The van der Waals surface area contributed by atoms with Crippen molar-refractivity contribution in [2.45, 2.75) is 0 Å². The van der Waals surface area contributed by atoms with Gasteiger partial charge in [-0.15, -0.1) is 37.2 Å². The van der Waals surface area contributed by atoms with Gasteiger partial charge < -0.3 is 10.6 Å². The second-order valence-corrected chi connectivity index (χ2v) is 1.90. The highest BCUT2D eigenvalue weighted by Crippen LogP contribution is 2.05. The molecule has 0 aliphatic carbocycles. The highest BCUT2D eigenvalue weighted by Gasteiger charge is 1.70. The minimum Gasteiger partial charge on any atom is -0.483 e. The maximum absolute atomic E-state index is 8.36. The fraction of sp³-hybridized carbons (Fsp3) is 0. The van der Waals surface area contributed by atoms with Gasteiger partial charge in [-0.3, -0.25) is 4.79 Å². The fourth-order valence-corrected chi connectivity index (χ4v) is 0. The molecule has 14 heteroatoms. The van der Waals surface area contributed by atoms with Crippen LogP contribution in [0.3, 0.4) is 0 Å². The van der Waals surface area contributed by atoms with Crippen LogP contribution < -0.4 is 0 Å². The van der Waals surface area contributed by atoms with E-state index in [0.29, 0.717) is 0 Å². The summed E-state index contributed by atoms with van der Waals surface area (Å²) in [6, 6.07) is 0. The number of carbonyl (C=O) groups excluding carboxylic acids is 2. The van der Waals surface area contributed by atoms with Crippen LogP contribution in [0.15, 0.2) is 10.0 Å². The molecule has 0 heterocycles. The Balaban J connectivity index is -0.0000000118. The van der Waals surface area contributed by atoms with E-state index in [2.05, 4.69) is 5.04 Å². The predicted octanol–water partition coefficient (Wildman–Crippen LogP) is 2.01. The number of carbonyl (C=O) groups is 1. The molecular formula is C4H10Cl6O8. The smallest absolute Gasteiger partial charge is 0.373 e. The van der Waals surface area contributed by atoms with Crippen molar-refractivity contribution in [1.82, 2.24) is 0 Å². The molecule has 0 radical (unpaired) electrons. The van der Waals surface area contributed by atoms with Crippen LogP contribution in [-0.4, -0.2) is 33.7 Å². The van der Waals surface area contributed by atoms with E-state index in [0.717, 1.165) is 5.54 Å². The Kier molecular flexibility index (Phi) is 251. The van der Waals surface area contributed by atoms with Crippen LogP contribution in [0.25, 0.3) is 0 Å². The van der Waals surface area contributed by atoms with Crippen LogP contribution in [0.5, 0.6) is 0 Å². The maximum atomic E-state index is 8.36. The number of rotatable bonds is 0. The molecule has 0 aromatic rings. The monoisotopic (exact) mass is 396 g/mol. The SMILES string of the molecule is Cl.Cl.Cl.ClC=C(Cl)Cl.O.O=C=O.O=CO.OOO. The molecule has 0 saturated carbocycles. The zero-order valence-electron chi connectivity index (χ0n) is 7.99. The van der Waals surface area contributed by atoms with Crippen molar-refractivity contribution < 1.29 is 40.5 Å². The second-order valence-electron chi connectivity index (χ2n) is 0.669. The Morgan fingerprint density at radius 2 is 1.17 bits per heavy atom. The zero-order valence-corrected chi connectivity index (χ0v) is 12.7. The van der Waals surface area contributed by atoms with E-state index in [1.165, 1.54) is 0 Å². The summed E-state index contributed by atoms with van der Waals surface area (Å²) in [5, 5.41) is 22.4. The summed E-state index contributed by atoms with van der Waals surface area (Å²) < 4.78 is 0.0895. The van der Waals surface area contributed by atoms with Crippen LogP contribution in [-0.2, 0) is 19.4 Å². The largest absolute Gasteiger partial charge is 0.483 e. The number of hydrogen-bond donors (Lipinski definition) is 3. The lowest BCUT2D eigenvalue weighted by molar-refractivity contribution is -0.465. The van der Waals surface area contributed by atoms with Crippen LogP contribution in [0.4, 0.5) is 0 Å². The molecule has 0 aliphatic rings. The third kappa shape index (κ3) is 790. The topological polar surface area (TPSA) is 153 Å². The Bertz CT molecular complexity index is 156. The summed E-state index contributed by atoms with van der Waals surface area (Å²) in [6.07, 6.45) is 0.250. The molecule has 0 unspecified atom stereocenters. The Morgan fingerprint density at radius 3 is 1.17 bits per heavy atom. The van der Waals surface area contributed by atoms with Crippen molar-refractivity contribution >= 4 is 84.6 Å². The van der Waals surface area contributed by atoms with Gasteiger partial charge in [0.1, 0.15) is 4.49 Å². The quantitative estimate of drug-likeness (QED) is 0.320. The average molecular weight is 399 g/mol. The van der Waals surface area contributed by atoms with E-state index < -0.39 is 0 Å². The van der Waals surface area contributed by atoms with E-state index in [1.54, 1.807) is 0 Å². The van der Waals surface area contributed by atoms with Gasteiger partial charge in [0, 0.05) is 5.54 Å². The van der Waals surface area contributed by atoms with E-state index in [-0.39, 0.29) is 59.8 Å². The van der Waals surface area contributed by atoms with Gasteiger partial charge in [0.25, 0.3) is 6.47 Å². The van der Waals surface area contributed by atoms with E-state index in [9.17, 15) is 0 Å². The molecule has 0 rings (SSSR count). The second kappa shape index (κ2) is 87.3. The molecule has 0 saturated heterocycles. The zero-order chi connectivity index (χ0) is 12.4. The molecule has 0 aromatic carbocycles. The van der Waals surface area contributed by atoms with Crippen molar-refractivity contribution in [3.8, 4) is 0 Å². The molecule has 116 valence electrons. The summed E-state index contributed by atoms with van der Waals surface area (Å²) in [5.41, 5.74) is 1.09. The first-order valence-electron chi connectivity index (χ1n) is 2.15. The Labute approximate surface area is 135 Å². The standard InChI is InChI=1S/C2HCl3.CH2O2.CO2.3ClH.H2O3.H2O/c3-1-2(4)5;2*2-1-3;;;;1-3-2;/h1H;1H,(H,2,3);;3*1H;1-2H;1H2. The molecule has 0 bridgehead atoms. The molecule has 18 heavy (non-hydrogen) atoms. The summed E-state index contributed by atoms with van der Waals surface area (Å²) in [5.74, 6) is 0. The first-order chi connectivity index (χ1) is 6.51. The van der Waals surface area contributed by atoms with Crippen molar-refractivity contribution in [3.63, 3.8) is 0 Å². The van der Waals surface area contributed by atoms with E-state index in [1.807, 2.05) is 0 Å². The molecular weight excluding hydrogens is 389 g/mol. The first-order valence-corrected chi connectivity index (χ1v) is 3.34. The van der Waals surface area contributed by atoms with Crippen molar-refractivity contribution in [2.75, 3.05) is 0 Å². The minimum atomic E-state index is -0.250. The van der Waals surface area contributed by atoms with Gasteiger partial charge in [0.05, 0.1) is 0 Å². The number of hydrogen-bond acceptors (Lipinski definition) is 6. The van der Waals surface area contributed by atoms with Crippen molar-refractivity contribution in [3.05, 3.63) is 10.0 Å². The van der Waals surface area contributed by atoms with Gasteiger partial charge in [0.15, 0.2) is 0 Å². The van der Waals surface area contributed by atoms with Gasteiger partial charge >= 0.3 is 6.15 Å². The Hall–Kier alpha value is 0.170. The minimum absolute atomic E-state index is 0. The molecule has 0 atom stereocenters. The van der Waals surface area contributed by atoms with Gasteiger partial charge in [-0.25, -0.2) is 10.5 Å². The lowest BCUT2D eigenvalue weighted by atomic mass is 11.2. The first kappa shape index (κ1) is 51.8. The van der Waals surface area contributed by atoms with Gasteiger partial charge in [0.2, 0.25) is 0 Å². The molecule has 0 spiro atoms. The molecule has 8 nitrogen and oxygen atoms in total. The highest BCUT2D eigenvalue weighted by atomic mass is 35.5. The van der Waals surface area contributed by atoms with Crippen molar-refractivity contribution in [2.24, 2.45) is 0 Å². The van der Waals surface area contributed by atoms with Crippen LogP contribution >= 0.6 is 72.0 Å². The Morgan fingerprint density at radius 1 is 1.11 bits per heavy atom. The third-order valence-corrected chi connectivity index (χ3v) is 0.742. The van der Waals surface area contributed by atoms with Crippen LogP contribution in [0.1, 0.15) is 0 Å². The lowest BCUT2D eigenvalue weighted by Gasteiger charge is -1.64. The average Bonchev–Trinajstić information content (AvgIpc) is 2.08. The summed E-state index contributed by atoms with van der Waals surface area (Å²) in [7, 11) is 0. The summed E-state index contributed by atoms with van der Waals surface area (Å²) in [6.45, 7) is -0.250. The summed E-state index contributed by atoms with van der Waals surface area (Å²) >= 11 is 14.8. The molecule has 0 fully saturated rings. The van der Waals surface area contributed by atoms with Gasteiger partial charge in [-0.05, 0) is 0 Å². The summed E-state index contributed by atoms with van der Waals surface area (Å²) in [4.78, 5) is 24.6. The normalized spacial score (nSPS) is 4.06. The lowest BCUT2D eigenvalue weighted by Crippen LogP contribution is -1.60. The van der Waals surface area contributed by atoms with Gasteiger partial charge in [-0.1, -0.05) is 39.8 Å². The third-order valence-electron chi connectivity index (χ3n) is 0.0825. The highest BCUT2D eigenvalue weighted by molar-refractivity contribution is 6.58. The van der Waals surface area contributed by atoms with E-state index in [4.69, 9.17) is 64.8 Å². The fourth-order valence-electron chi connectivity index (χ4n) is 0. The van der Waals surface area contributed by atoms with E-state index >= 15 is 0 Å². The maximum Gasteiger partial charge on any atom is 0.373 e.